The van der Waals surface area contributed by atoms with Crippen LogP contribution in [0, 0.1) is 6.92 Å². The summed E-state index contributed by atoms with van der Waals surface area (Å²) < 4.78 is 5.20. The topological polar surface area (TPSA) is 75.6 Å². The average Bonchev–Trinajstić information content (AvgIpc) is 2.39. The summed E-state index contributed by atoms with van der Waals surface area (Å²) in [6.07, 6.45) is 4.62. The van der Waals surface area contributed by atoms with Gasteiger partial charge in [0.05, 0.1) is 19.1 Å². The Balaban J connectivity index is 2.29. The van der Waals surface area contributed by atoms with Gasteiger partial charge in [-0.05, 0) is 26.2 Å². The Morgan fingerprint density at radius 1 is 1.53 bits per heavy atom. The predicted molar refractivity (Wildman–Crippen MR) is 70.6 cm³/mol. The normalized spacial score (nSPS) is 19.3. The highest BCUT2D eigenvalue weighted by Crippen LogP contribution is 2.30. The van der Waals surface area contributed by atoms with Crippen molar-refractivity contribution in [2.75, 3.05) is 18.6 Å². The molecule has 1 unspecified atom stereocenters. The Kier molecular flexibility index (Phi) is 4.19. The molecule has 1 atom stereocenters. The Morgan fingerprint density at radius 2 is 2.32 bits per heavy atom. The molecule has 1 aromatic heterocycles. The van der Waals surface area contributed by atoms with Crippen LogP contribution in [0.15, 0.2) is 6.33 Å². The lowest BCUT2D eigenvalue weighted by atomic mass is 9.99. The molecular formula is C13H19N3O3. The average molecular weight is 265 g/mol. The fraction of sp³-hybridized carbons (Fsp3) is 0.615. The van der Waals surface area contributed by atoms with Crippen molar-refractivity contribution in [3.63, 3.8) is 0 Å². The quantitative estimate of drug-likeness (QED) is 0.891. The van der Waals surface area contributed by atoms with Gasteiger partial charge in [0.2, 0.25) is 5.88 Å². The second-order valence-corrected chi connectivity index (χ2v) is 4.77. The molecule has 1 aliphatic heterocycles. The molecular weight excluding hydrogens is 246 g/mol. The van der Waals surface area contributed by atoms with E-state index in [-0.39, 0.29) is 12.5 Å². The van der Waals surface area contributed by atoms with Crippen molar-refractivity contribution in [3.05, 3.63) is 11.9 Å². The van der Waals surface area contributed by atoms with Crippen LogP contribution in [-0.2, 0) is 4.79 Å². The lowest BCUT2D eigenvalue weighted by molar-refractivity contribution is -0.137. The van der Waals surface area contributed by atoms with E-state index in [1.54, 1.807) is 7.11 Å². The molecule has 6 nitrogen and oxygen atoms in total. The summed E-state index contributed by atoms with van der Waals surface area (Å²) in [6, 6.07) is 0.00422. The maximum Gasteiger partial charge on any atom is 0.305 e. The molecule has 1 saturated heterocycles. The van der Waals surface area contributed by atoms with Crippen LogP contribution in [-0.4, -0.2) is 40.7 Å². The summed E-state index contributed by atoms with van der Waals surface area (Å²) in [6.45, 7) is 2.74. The van der Waals surface area contributed by atoms with Gasteiger partial charge in [-0.15, -0.1) is 0 Å². The minimum absolute atomic E-state index is 0.00422. The molecule has 0 saturated carbocycles. The standard InChI is InChI=1S/C13H19N3O3/c1-9-12(14-8-15-13(9)19-2)16-6-4-3-5-10(16)7-11(17)18/h8,10H,3-7H2,1-2H3,(H,17,18). The van der Waals surface area contributed by atoms with Crippen LogP contribution in [0.2, 0.25) is 0 Å². The van der Waals surface area contributed by atoms with E-state index < -0.39 is 5.97 Å². The molecule has 2 rings (SSSR count). The first-order valence-corrected chi connectivity index (χ1v) is 6.47. The van der Waals surface area contributed by atoms with Gasteiger partial charge in [0.15, 0.2) is 0 Å². The summed E-state index contributed by atoms with van der Waals surface area (Å²) in [4.78, 5) is 21.4. The number of ether oxygens (including phenoxy) is 1. The smallest absolute Gasteiger partial charge is 0.305 e. The third-order valence-corrected chi connectivity index (χ3v) is 3.51. The van der Waals surface area contributed by atoms with E-state index in [1.165, 1.54) is 6.33 Å². The fourth-order valence-corrected chi connectivity index (χ4v) is 2.61. The van der Waals surface area contributed by atoms with Crippen molar-refractivity contribution in [2.45, 2.75) is 38.6 Å². The second-order valence-electron chi connectivity index (χ2n) is 4.77. The van der Waals surface area contributed by atoms with Crippen LogP contribution in [0.4, 0.5) is 5.82 Å². The Labute approximate surface area is 112 Å². The largest absolute Gasteiger partial charge is 0.481 e. The molecule has 0 radical (unpaired) electrons. The van der Waals surface area contributed by atoms with Crippen molar-refractivity contribution in [2.24, 2.45) is 0 Å². The molecule has 1 fully saturated rings. The van der Waals surface area contributed by atoms with E-state index in [0.29, 0.717) is 5.88 Å². The van der Waals surface area contributed by atoms with Gasteiger partial charge in [-0.2, -0.15) is 0 Å². The molecule has 1 aromatic rings. The van der Waals surface area contributed by atoms with Gasteiger partial charge in [-0.1, -0.05) is 0 Å². The van der Waals surface area contributed by atoms with Crippen molar-refractivity contribution < 1.29 is 14.6 Å². The van der Waals surface area contributed by atoms with Gasteiger partial charge in [0.25, 0.3) is 0 Å². The zero-order valence-electron chi connectivity index (χ0n) is 11.3. The molecule has 0 aliphatic carbocycles. The first-order valence-electron chi connectivity index (χ1n) is 6.47. The fourth-order valence-electron chi connectivity index (χ4n) is 2.61. The number of methoxy groups -OCH3 is 1. The van der Waals surface area contributed by atoms with E-state index in [1.807, 2.05) is 6.92 Å². The second kappa shape index (κ2) is 5.86. The van der Waals surface area contributed by atoms with Gasteiger partial charge in [0, 0.05) is 12.6 Å². The number of nitrogens with zero attached hydrogens (tertiary/aromatic N) is 3. The van der Waals surface area contributed by atoms with Gasteiger partial charge in [-0.3, -0.25) is 4.79 Å². The van der Waals surface area contributed by atoms with Crippen molar-refractivity contribution in [1.82, 2.24) is 9.97 Å². The summed E-state index contributed by atoms with van der Waals surface area (Å²) in [5, 5.41) is 9.02. The number of hydrogen-bond donors (Lipinski definition) is 1. The van der Waals surface area contributed by atoms with E-state index in [9.17, 15) is 4.79 Å². The highest BCUT2D eigenvalue weighted by Gasteiger charge is 2.27. The number of piperidine rings is 1. The highest BCUT2D eigenvalue weighted by molar-refractivity contribution is 5.68. The SMILES string of the molecule is COc1ncnc(N2CCCCC2CC(=O)O)c1C. The summed E-state index contributed by atoms with van der Waals surface area (Å²) in [5.41, 5.74) is 0.863. The third-order valence-electron chi connectivity index (χ3n) is 3.51. The number of rotatable bonds is 4. The first kappa shape index (κ1) is 13.6. The van der Waals surface area contributed by atoms with Crippen LogP contribution in [0.25, 0.3) is 0 Å². The van der Waals surface area contributed by atoms with E-state index in [4.69, 9.17) is 9.84 Å². The van der Waals surface area contributed by atoms with Gasteiger partial charge in [0.1, 0.15) is 12.1 Å². The number of carboxylic acids is 1. The highest BCUT2D eigenvalue weighted by atomic mass is 16.5. The first-order chi connectivity index (χ1) is 9.13. The van der Waals surface area contributed by atoms with Crippen LogP contribution >= 0.6 is 0 Å². The number of aliphatic carboxylic acids is 1. The summed E-state index contributed by atoms with van der Waals surface area (Å²) >= 11 is 0. The lowest BCUT2D eigenvalue weighted by Crippen LogP contribution is -2.41. The number of hydrogen-bond acceptors (Lipinski definition) is 5. The zero-order chi connectivity index (χ0) is 13.8. The Morgan fingerprint density at radius 3 is 3.00 bits per heavy atom. The maximum atomic E-state index is 11.0. The zero-order valence-corrected chi connectivity index (χ0v) is 11.3. The molecule has 0 amide bonds. The predicted octanol–water partition coefficient (Wildman–Crippen LogP) is 1.63. The van der Waals surface area contributed by atoms with Gasteiger partial charge in [-0.25, -0.2) is 9.97 Å². The van der Waals surface area contributed by atoms with Crippen molar-refractivity contribution in [1.29, 1.82) is 0 Å². The Hall–Kier alpha value is -1.85. The third kappa shape index (κ3) is 2.94. The molecule has 0 spiro atoms. The monoisotopic (exact) mass is 265 g/mol. The summed E-state index contributed by atoms with van der Waals surface area (Å²) in [7, 11) is 1.57. The minimum atomic E-state index is -0.768. The van der Waals surface area contributed by atoms with E-state index in [2.05, 4.69) is 14.9 Å². The van der Waals surface area contributed by atoms with Crippen LogP contribution in [0.3, 0.4) is 0 Å². The number of carbonyl (C=O) groups is 1. The molecule has 1 aliphatic rings. The minimum Gasteiger partial charge on any atom is -0.481 e. The molecule has 104 valence electrons. The number of carboxylic acid groups (broad SMARTS) is 1. The van der Waals surface area contributed by atoms with Crippen LogP contribution in [0.1, 0.15) is 31.2 Å². The number of anilines is 1. The maximum absolute atomic E-state index is 11.0. The molecule has 19 heavy (non-hydrogen) atoms. The van der Waals surface area contributed by atoms with E-state index in [0.717, 1.165) is 37.2 Å². The van der Waals surface area contributed by atoms with Crippen LogP contribution < -0.4 is 9.64 Å². The molecule has 0 bridgehead atoms. The molecule has 1 N–H and O–H groups in total. The molecule has 6 heteroatoms. The van der Waals surface area contributed by atoms with Gasteiger partial charge >= 0.3 is 5.97 Å². The lowest BCUT2D eigenvalue weighted by Gasteiger charge is -2.36. The van der Waals surface area contributed by atoms with Gasteiger partial charge < -0.3 is 14.7 Å². The summed E-state index contributed by atoms with van der Waals surface area (Å²) in [5.74, 6) is 0.568. The Bertz CT molecular complexity index is 464. The van der Waals surface area contributed by atoms with E-state index >= 15 is 0 Å². The number of aromatic nitrogens is 2. The van der Waals surface area contributed by atoms with Crippen LogP contribution in [0.5, 0.6) is 5.88 Å². The molecule has 2 heterocycles. The van der Waals surface area contributed by atoms with Crippen molar-refractivity contribution in [3.8, 4) is 5.88 Å². The molecule has 0 aromatic carbocycles. The van der Waals surface area contributed by atoms with Crippen molar-refractivity contribution >= 4 is 11.8 Å².